The molecule has 0 radical (unpaired) electrons. The lowest BCUT2D eigenvalue weighted by Crippen LogP contribution is -2.21. The SMILES string of the molecule is C[C@@H](Oc1cc(C2=CCC=N2)cc2nn(C)cc12)[C@H]1CCC(=O)C1. The summed E-state index contributed by atoms with van der Waals surface area (Å²) in [5, 5.41) is 5.53. The lowest BCUT2D eigenvalue weighted by molar-refractivity contribution is -0.117. The Morgan fingerprint density at radius 2 is 2.25 bits per heavy atom. The summed E-state index contributed by atoms with van der Waals surface area (Å²) < 4.78 is 8.09. The van der Waals surface area contributed by atoms with Gasteiger partial charge in [0.2, 0.25) is 0 Å². The number of aryl methyl sites for hydroxylation is 1. The van der Waals surface area contributed by atoms with Crippen LogP contribution in [0.4, 0.5) is 0 Å². The summed E-state index contributed by atoms with van der Waals surface area (Å²) >= 11 is 0. The summed E-state index contributed by atoms with van der Waals surface area (Å²) in [6.45, 7) is 2.06. The Morgan fingerprint density at radius 1 is 1.38 bits per heavy atom. The summed E-state index contributed by atoms with van der Waals surface area (Å²) in [7, 11) is 1.91. The van der Waals surface area contributed by atoms with E-state index in [4.69, 9.17) is 4.74 Å². The van der Waals surface area contributed by atoms with E-state index in [-0.39, 0.29) is 6.10 Å². The highest BCUT2D eigenvalue weighted by molar-refractivity contribution is 5.91. The number of carbonyl (C=O) groups is 1. The van der Waals surface area contributed by atoms with Crippen LogP contribution in [0.25, 0.3) is 16.6 Å². The van der Waals surface area contributed by atoms with Crippen molar-refractivity contribution in [1.82, 2.24) is 9.78 Å². The number of aliphatic imine (C=N–C) groups is 1. The molecule has 2 atom stereocenters. The molecule has 0 bridgehead atoms. The Labute approximate surface area is 141 Å². The van der Waals surface area contributed by atoms with E-state index in [1.807, 2.05) is 25.5 Å². The highest BCUT2D eigenvalue weighted by Gasteiger charge is 2.28. The van der Waals surface area contributed by atoms with Crippen LogP contribution in [0.2, 0.25) is 0 Å². The largest absolute Gasteiger partial charge is 0.490 e. The quantitative estimate of drug-likeness (QED) is 0.865. The molecule has 1 aromatic carbocycles. The summed E-state index contributed by atoms with van der Waals surface area (Å²) in [6.07, 6.45) is 9.11. The summed E-state index contributed by atoms with van der Waals surface area (Å²) in [5.41, 5.74) is 2.90. The van der Waals surface area contributed by atoms with Crippen LogP contribution in [0, 0.1) is 5.92 Å². The molecule has 0 amide bonds. The molecule has 5 heteroatoms. The van der Waals surface area contributed by atoms with Crippen LogP contribution in [-0.2, 0) is 11.8 Å². The number of benzene rings is 1. The number of allylic oxidation sites excluding steroid dienone is 1. The second kappa shape index (κ2) is 5.89. The van der Waals surface area contributed by atoms with Crippen LogP contribution in [0.3, 0.4) is 0 Å². The standard InChI is InChI=1S/C19H21N3O2/c1-12(13-5-6-15(23)8-13)24-19-10-14(17-4-3-7-20-17)9-18-16(19)11-22(2)21-18/h4,7,9-13H,3,5-6,8H2,1-2H3/t12-,13+/m1/s1. The van der Waals surface area contributed by atoms with Crippen molar-refractivity contribution in [2.24, 2.45) is 18.0 Å². The van der Waals surface area contributed by atoms with E-state index in [1.54, 1.807) is 4.68 Å². The zero-order valence-electron chi connectivity index (χ0n) is 14.0. The Bertz CT molecular complexity index is 863. The number of ketones is 1. The van der Waals surface area contributed by atoms with Gasteiger partial charge in [0.25, 0.3) is 0 Å². The van der Waals surface area contributed by atoms with Gasteiger partial charge in [-0.2, -0.15) is 5.10 Å². The number of fused-ring (bicyclic) bond motifs is 1. The number of rotatable bonds is 4. The Morgan fingerprint density at radius 3 is 2.96 bits per heavy atom. The van der Waals surface area contributed by atoms with E-state index >= 15 is 0 Å². The van der Waals surface area contributed by atoms with Gasteiger partial charge >= 0.3 is 0 Å². The first-order valence-electron chi connectivity index (χ1n) is 8.49. The van der Waals surface area contributed by atoms with Crippen molar-refractivity contribution in [2.75, 3.05) is 0 Å². The van der Waals surface area contributed by atoms with Crippen molar-refractivity contribution >= 4 is 28.6 Å². The minimum Gasteiger partial charge on any atom is -0.490 e. The molecule has 24 heavy (non-hydrogen) atoms. The van der Waals surface area contributed by atoms with Crippen molar-refractivity contribution in [2.45, 2.75) is 38.7 Å². The normalized spacial score (nSPS) is 21.5. The van der Waals surface area contributed by atoms with Crippen molar-refractivity contribution in [1.29, 1.82) is 0 Å². The van der Waals surface area contributed by atoms with E-state index in [9.17, 15) is 4.79 Å². The van der Waals surface area contributed by atoms with Crippen molar-refractivity contribution < 1.29 is 9.53 Å². The lowest BCUT2D eigenvalue weighted by atomic mass is 10.0. The van der Waals surface area contributed by atoms with Crippen molar-refractivity contribution in [3.8, 4) is 5.75 Å². The number of hydrogen-bond acceptors (Lipinski definition) is 4. The molecule has 0 saturated heterocycles. The van der Waals surface area contributed by atoms with Crippen LogP contribution < -0.4 is 4.74 Å². The molecule has 0 unspecified atom stereocenters. The number of hydrogen-bond donors (Lipinski definition) is 0. The van der Waals surface area contributed by atoms with Gasteiger partial charge in [-0.15, -0.1) is 0 Å². The summed E-state index contributed by atoms with van der Waals surface area (Å²) in [6, 6.07) is 4.10. The van der Waals surface area contributed by atoms with Gasteiger partial charge in [-0.05, 0) is 25.5 Å². The molecule has 1 saturated carbocycles. The molecule has 124 valence electrons. The number of carbonyl (C=O) groups excluding carboxylic acids is 1. The molecule has 1 aromatic heterocycles. The van der Waals surface area contributed by atoms with Crippen molar-refractivity contribution in [3.05, 3.63) is 30.0 Å². The molecular formula is C19H21N3O2. The topological polar surface area (TPSA) is 56.5 Å². The smallest absolute Gasteiger partial charge is 0.133 e. The van der Waals surface area contributed by atoms with Gasteiger partial charge in [0, 0.05) is 50.2 Å². The Hall–Kier alpha value is -2.43. The lowest BCUT2D eigenvalue weighted by Gasteiger charge is -2.21. The van der Waals surface area contributed by atoms with Gasteiger partial charge in [-0.3, -0.25) is 14.5 Å². The number of nitrogens with zero attached hydrogens (tertiary/aromatic N) is 3. The zero-order valence-corrected chi connectivity index (χ0v) is 14.0. The van der Waals surface area contributed by atoms with E-state index in [1.165, 1.54) is 0 Å². The fourth-order valence-corrected chi connectivity index (χ4v) is 3.56. The minimum atomic E-state index is 0.0103. The highest BCUT2D eigenvalue weighted by Crippen LogP contribution is 2.34. The molecule has 5 nitrogen and oxygen atoms in total. The maximum Gasteiger partial charge on any atom is 0.133 e. The number of Topliss-reactive ketones (excluding diaryl/α,β-unsaturated/α-hetero) is 1. The minimum absolute atomic E-state index is 0.0103. The monoisotopic (exact) mass is 323 g/mol. The third kappa shape index (κ3) is 2.75. The van der Waals surface area contributed by atoms with Crippen LogP contribution in [-0.4, -0.2) is 27.9 Å². The Balaban J connectivity index is 1.70. The van der Waals surface area contributed by atoms with Gasteiger partial charge in [-0.1, -0.05) is 6.08 Å². The van der Waals surface area contributed by atoms with E-state index in [2.05, 4.69) is 29.2 Å². The molecular weight excluding hydrogens is 302 g/mol. The fraction of sp³-hybridized carbons (Fsp3) is 0.421. The molecule has 1 fully saturated rings. The van der Waals surface area contributed by atoms with Gasteiger partial charge in [-0.25, -0.2) is 0 Å². The number of ether oxygens (including phenoxy) is 1. The van der Waals surface area contributed by atoms with E-state index in [0.29, 0.717) is 24.5 Å². The second-order valence-corrected chi connectivity index (χ2v) is 6.71. The molecule has 1 aliphatic heterocycles. The Kier molecular flexibility index (Phi) is 3.71. The third-order valence-corrected chi connectivity index (χ3v) is 4.90. The van der Waals surface area contributed by atoms with Crippen LogP contribution in [0.15, 0.2) is 29.4 Å². The first-order valence-corrected chi connectivity index (χ1v) is 8.49. The van der Waals surface area contributed by atoms with Crippen LogP contribution in [0.1, 0.15) is 38.2 Å². The van der Waals surface area contributed by atoms with Gasteiger partial charge in [0.1, 0.15) is 11.5 Å². The molecule has 0 spiro atoms. The first kappa shape index (κ1) is 15.1. The molecule has 2 heterocycles. The average Bonchev–Trinajstić information content (AvgIpc) is 3.26. The van der Waals surface area contributed by atoms with Crippen molar-refractivity contribution in [3.63, 3.8) is 0 Å². The van der Waals surface area contributed by atoms with Gasteiger partial charge < -0.3 is 4.74 Å². The highest BCUT2D eigenvalue weighted by atomic mass is 16.5. The summed E-state index contributed by atoms with van der Waals surface area (Å²) in [5.74, 6) is 1.48. The number of aromatic nitrogens is 2. The third-order valence-electron chi connectivity index (χ3n) is 4.90. The first-order chi connectivity index (χ1) is 11.6. The van der Waals surface area contributed by atoms with E-state index < -0.39 is 0 Å². The van der Waals surface area contributed by atoms with Gasteiger partial charge in [0.05, 0.1) is 22.7 Å². The maximum absolute atomic E-state index is 11.6. The molecule has 2 aromatic rings. The molecule has 2 aliphatic rings. The van der Waals surface area contributed by atoms with Crippen LogP contribution in [0.5, 0.6) is 5.75 Å². The summed E-state index contributed by atoms with van der Waals surface area (Å²) in [4.78, 5) is 16.0. The van der Waals surface area contributed by atoms with Crippen LogP contribution >= 0.6 is 0 Å². The fourth-order valence-electron chi connectivity index (χ4n) is 3.56. The van der Waals surface area contributed by atoms with E-state index in [0.717, 1.165) is 40.8 Å². The maximum atomic E-state index is 11.6. The molecule has 0 N–H and O–H groups in total. The average molecular weight is 323 g/mol. The van der Waals surface area contributed by atoms with Gasteiger partial charge in [0.15, 0.2) is 0 Å². The predicted octanol–water partition coefficient (Wildman–Crippen LogP) is 3.53. The second-order valence-electron chi connectivity index (χ2n) is 6.71. The predicted molar refractivity (Wildman–Crippen MR) is 94.2 cm³/mol. The molecule has 4 rings (SSSR count). The molecule has 1 aliphatic carbocycles. The zero-order chi connectivity index (χ0) is 16.7.